The lowest BCUT2D eigenvalue weighted by Gasteiger charge is -2.48. The van der Waals surface area contributed by atoms with E-state index in [1.54, 1.807) is 57.2 Å². The lowest BCUT2D eigenvalue weighted by Crippen LogP contribution is -2.73. The van der Waals surface area contributed by atoms with Gasteiger partial charge in [0.05, 0.1) is 6.42 Å². The summed E-state index contributed by atoms with van der Waals surface area (Å²) in [4.78, 5) is 40.4. The van der Waals surface area contributed by atoms with Gasteiger partial charge in [-0.05, 0) is 38.5 Å². The Morgan fingerprint density at radius 1 is 1.03 bits per heavy atom. The van der Waals surface area contributed by atoms with Crippen LogP contribution < -0.4 is 5.32 Å². The molecule has 0 aliphatic carbocycles. The third-order valence-corrected chi connectivity index (χ3v) is 7.56. The minimum Gasteiger partial charge on any atom is -0.458 e. The van der Waals surface area contributed by atoms with Gasteiger partial charge in [0.25, 0.3) is 5.91 Å². The number of carbonyl (C=O) groups is 3. The van der Waals surface area contributed by atoms with E-state index in [1.165, 1.54) is 0 Å². The number of amides is 2. The van der Waals surface area contributed by atoms with E-state index >= 15 is 0 Å². The summed E-state index contributed by atoms with van der Waals surface area (Å²) in [7, 11) is -1.95. The molecule has 1 aliphatic rings. The molecule has 1 saturated heterocycles. The number of nitrogens with one attached hydrogen (secondary N) is 1. The van der Waals surface area contributed by atoms with E-state index in [9.17, 15) is 18.9 Å². The molecular weight excluding hydrogens is 495 g/mol. The molecule has 1 fully saturated rings. The van der Waals surface area contributed by atoms with Crippen molar-refractivity contribution in [3.8, 4) is 11.8 Å². The number of benzene rings is 2. The second-order valence-electron chi connectivity index (χ2n) is 9.35. The molecule has 1 unspecified atom stereocenters. The molecule has 196 valence electrons. The lowest BCUT2D eigenvalue weighted by molar-refractivity contribution is -0.169. The van der Waals surface area contributed by atoms with Crippen LogP contribution in [-0.4, -0.2) is 60.4 Å². The van der Waals surface area contributed by atoms with Crippen LogP contribution in [0.3, 0.4) is 0 Å². The molecule has 1 N–H and O–H groups in total. The van der Waals surface area contributed by atoms with Crippen molar-refractivity contribution in [1.82, 2.24) is 10.2 Å². The third kappa shape index (κ3) is 6.86. The number of ether oxygens (including phenoxy) is 1. The Hall–Kier alpha value is -3.44. The van der Waals surface area contributed by atoms with Crippen molar-refractivity contribution < 1.29 is 32.7 Å². The Morgan fingerprint density at radius 2 is 1.59 bits per heavy atom. The van der Waals surface area contributed by atoms with E-state index in [0.29, 0.717) is 5.56 Å². The molecule has 0 saturated carbocycles. The molecule has 1 aliphatic heterocycles. The summed E-state index contributed by atoms with van der Waals surface area (Å²) >= 11 is 0. The van der Waals surface area contributed by atoms with Gasteiger partial charge in [-0.25, -0.2) is 4.79 Å². The average molecular weight is 527 g/mol. The van der Waals surface area contributed by atoms with Crippen molar-refractivity contribution in [3.05, 3.63) is 71.8 Å². The quantitative estimate of drug-likeness (QED) is 0.244. The molecular formula is C27H31N2O7P. The summed E-state index contributed by atoms with van der Waals surface area (Å²) < 4.78 is 29.1. The molecule has 37 heavy (non-hydrogen) atoms. The molecule has 0 radical (unpaired) electrons. The molecule has 9 nitrogen and oxygen atoms in total. The second kappa shape index (κ2) is 11.7. The fourth-order valence-electron chi connectivity index (χ4n) is 3.79. The van der Waals surface area contributed by atoms with E-state index in [0.717, 1.165) is 24.7 Å². The van der Waals surface area contributed by atoms with Crippen LogP contribution in [0.5, 0.6) is 0 Å². The van der Waals surface area contributed by atoms with E-state index in [-0.39, 0.29) is 6.42 Å². The molecule has 1 heterocycles. The van der Waals surface area contributed by atoms with Gasteiger partial charge in [0.1, 0.15) is 17.7 Å². The Balaban J connectivity index is 1.97. The minimum absolute atomic E-state index is 0.0492. The number of hydrogen-bond donors (Lipinski definition) is 1. The van der Waals surface area contributed by atoms with Crippen LogP contribution in [0.25, 0.3) is 0 Å². The smallest absolute Gasteiger partial charge is 0.364 e. The summed E-state index contributed by atoms with van der Waals surface area (Å²) in [6.45, 7) is 4.93. The van der Waals surface area contributed by atoms with Crippen molar-refractivity contribution >= 4 is 25.4 Å². The number of rotatable bonds is 8. The maximum absolute atomic E-state index is 13.5. The first-order valence-corrected chi connectivity index (χ1v) is 13.3. The molecule has 2 amide bonds. The number of likely N-dealkylation sites (tertiary alicyclic amines) is 1. The normalized spacial score (nSPS) is 18.2. The zero-order valence-corrected chi connectivity index (χ0v) is 22.4. The summed E-state index contributed by atoms with van der Waals surface area (Å²) in [5.74, 6) is 2.18. The summed E-state index contributed by atoms with van der Waals surface area (Å²) in [6, 6.07) is 16.0. The first kappa shape index (κ1) is 28.1. The molecule has 2 aromatic carbocycles. The van der Waals surface area contributed by atoms with Gasteiger partial charge in [-0.15, -0.1) is 0 Å². The van der Waals surface area contributed by atoms with Crippen LogP contribution in [0.4, 0.5) is 0 Å². The predicted octanol–water partition coefficient (Wildman–Crippen LogP) is 3.13. The number of nitrogens with zero attached hydrogens (tertiary/aromatic N) is 1. The van der Waals surface area contributed by atoms with Gasteiger partial charge in [0, 0.05) is 19.8 Å². The van der Waals surface area contributed by atoms with E-state index in [1.807, 2.05) is 24.3 Å². The largest absolute Gasteiger partial charge is 0.458 e. The molecule has 3 atom stereocenters. The van der Waals surface area contributed by atoms with E-state index in [2.05, 4.69) is 17.2 Å². The fraction of sp³-hybridized carbons (Fsp3) is 0.370. The van der Waals surface area contributed by atoms with Gasteiger partial charge in [0.2, 0.25) is 11.7 Å². The minimum atomic E-state index is -4.19. The van der Waals surface area contributed by atoms with Gasteiger partial charge >= 0.3 is 13.6 Å². The first-order valence-electron chi connectivity index (χ1n) is 11.6. The highest BCUT2D eigenvalue weighted by molar-refractivity contribution is 7.55. The summed E-state index contributed by atoms with van der Waals surface area (Å²) in [5, 5.41) is 2.70. The third-order valence-electron chi connectivity index (χ3n) is 5.49. The highest BCUT2D eigenvalue weighted by Crippen LogP contribution is 2.55. The average Bonchev–Trinajstić information content (AvgIpc) is 2.86. The lowest BCUT2D eigenvalue weighted by atomic mass is 9.94. The molecule has 3 rings (SSSR count). The van der Waals surface area contributed by atoms with Crippen LogP contribution in [0.2, 0.25) is 0 Å². The van der Waals surface area contributed by atoms with Gasteiger partial charge in [-0.3, -0.25) is 14.2 Å². The van der Waals surface area contributed by atoms with Gasteiger partial charge in [0.15, 0.2) is 0 Å². The zero-order valence-electron chi connectivity index (χ0n) is 21.5. The number of β-lactam (4-membered cyclic amide) rings is 1. The van der Waals surface area contributed by atoms with Crippen molar-refractivity contribution in [2.24, 2.45) is 0 Å². The predicted molar refractivity (Wildman–Crippen MR) is 137 cm³/mol. The van der Waals surface area contributed by atoms with Crippen molar-refractivity contribution in [2.45, 2.75) is 50.7 Å². The Kier molecular flexibility index (Phi) is 8.93. The van der Waals surface area contributed by atoms with E-state index in [4.69, 9.17) is 13.8 Å². The number of carbonyl (C=O) groups excluding carboxylic acids is 3. The Labute approximate surface area is 217 Å². The monoisotopic (exact) mass is 526 g/mol. The fourth-order valence-corrected chi connectivity index (χ4v) is 5.21. The van der Waals surface area contributed by atoms with Crippen molar-refractivity contribution in [1.29, 1.82) is 0 Å². The molecule has 0 bridgehead atoms. The zero-order chi connectivity index (χ0) is 27.2. The molecule has 2 aromatic rings. The first-order chi connectivity index (χ1) is 17.5. The van der Waals surface area contributed by atoms with Crippen LogP contribution in [0.1, 0.15) is 31.9 Å². The topological polar surface area (TPSA) is 111 Å². The van der Waals surface area contributed by atoms with Gasteiger partial charge < -0.3 is 24.0 Å². The molecule has 0 aromatic heterocycles. The molecule has 0 spiro atoms. The number of hydrogen-bond acceptors (Lipinski definition) is 7. The summed E-state index contributed by atoms with van der Waals surface area (Å²) in [5.41, 5.74) is 0.487. The highest BCUT2D eigenvalue weighted by atomic mass is 31.2. The number of esters is 1. The van der Waals surface area contributed by atoms with Gasteiger partial charge in [-0.2, -0.15) is 0 Å². The van der Waals surface area contributed by atoms with Crippen molar-refractivity contribution in [3.63, 3.8) is 0 Å². The SMILES string of the molecule is COP(=O)(OC)C(C(=O)OC(C)(C)C)N1C(=O)[C@H](NC(=O)Cc2ccccc2)[C@H]1C#Cc1ccccc1. The van der Waals surface area contributed by atoms with Crippen molar-refractivity contribution in [2.75, 3.05) is 14.2 Å². The maximum Gasteiger partial charge on any atom is 0.364 e. The van der Waals surface area contributed by atoms with Gasteiger partial charge in [-0.1, -0.05) is 60.4 Å². The Bertz CT molecular complexity index is 1220. The van der Waals surface area contributed by atoms with Crippen LogP contribution in [-0.2, 0) is 39.2 Å². The standard InChI is InChI=1S/C27H31N2O7P/c1-27(2,3)36-26(32)25(37(33,34-4)35-5)29-21(17-16-19-12-8-6-9-13-19)23(24(29)31)28-22(30)18-20-14-10-7-11-15-20/h6-15,21,23,25H,18H2,1-5H3,(H,28,30)/t21-,23-,25?/m1/s1. The highest BCUT2D eigenvalue weighted by Gasteiger charge is 2.59. The van der Waals surface area contributed by atoms with E-state index < -0.39 is 48.8 Å². The van der Waals surface area contributed by atoms with Crippen LogP contribution in [0, 0.1) is 11.8 Å². The maximum atomic E-state index is 13.5. The van der Waals surface area contributed by atoms with Crippen LogP contribution >= 0.6 is 7.60 Å². The second-order valence-corrected chi connectivity index (χ2v) is 11.6. The van der Waals surface area contributed by atoms with Crippen LogP contribution in [0.15, 0.2) is 60.7 Å². The molecule has 10 heteroatoms. The summed E-state index contributed by atoms with van der Waals surface area (Å²) in [6.07, 6.45) is 0.0492. The Morgan fingerprint density at radius 3 is 2.14 bits per heavy atom.